The summed E-state index contributed by atoms with van der Waals surface area (Å²) in [7, 11) is -2.94. The third-order valence-corrected chi connectivity index (χ3v) is 3.86. The van der Waals surface area contributed by atoms with Gasteiger partial charge in [-0.05, 0) is 19.4 Å². The molecule has 1 rings (SSSR count). The molecule has 1 heterocycles. The Balaban J connectivity index is 2.65. The van der Waals surface area contributed by atoms with Gasteiger partial charge < -0.3 is 10.6 Å². The first-order chi connectivity index (χ1) is 8.83. The van der Waals surface area contributed by atoms with E-state index in [-0.39, 0.29) is 5.75 Å². The molecule has 2 N–H and O–H groups in total. The Morgan fingerprint density at radius 3 is 2.32 bits per heavy atom. The van der Waals surface area contributed by atoms with Crippen molar-refractivity contribution in [3.63, 3.8) is 0 Å². The molecule has 0 aliphatic rings. The summed E-state index contributed by atoms with van der Waals surface area (Å²) in [6.07, 6.45) is 1.71. The fourth-order valence-corrected chi connectivity index (χ4v) is 2.58. The van der Waals surface area contributed by atoms with Gasteiger partial charge in [0.25, 0.3) is 0 Å². The van der Waals surface area contributed by atoms with Crippen LogP contribution in [-0.4, -0.2) is 38.5 Å². The zero-order valence-corrected chi connectivity index (χ0v) is 13.2. The first-order valence-corrected chi connectivity index (χ1v) is 8.66. The number of anilines is 2. The van der Waals surface area contributed by atoms with Crippen LogP contribution in [0.1, 0.15) is 13.3 Å². The molecule has 1 aromatic heterocycles. The van der Waals surface area contributed by atoms with Crippen LogP contribution in [0.15, 0.2) is 6.07 Å². The SMILES string of the molecule is CCNc1nc(NCCCS(C)(=O)=O)c(Cl)cc1Cl. The van der Waals surface area contributed by atoms with E-state index >= 15 is 0 Å². The molecular weight excluding hydrogens is 309 g/mol. The fraction of sp³-hybridized carbons (Fsp3) is 0.545. The molecule has 0 aliphatic carbocycles. The van der Waals surface area contributed by atoms with Crippen LogP contribution in [0.2, 0.25) is 10.0 Å². The Kier molecular flexibility index (Phi) is 6.16. The molecule has 0 radical (unpaired) electrons. The molecule has 108 valence electrons. The van der Waals surface area contributed by atoms with Gasteiger partial charge in [-0.25, -0.2) is 13.4 Å². The van der Waals surface area contributed by atoms with E-state index in [1.807, 2.05) is 6.92 Å². The van der Waals surface area contributed by atoms with Gasteiger partial charge in [-0.3, -0.25) is 0 Å². The van der Waals surface area contributed by atoms with Crippen molar-refractivity contribution in [1.82, 2.24) is 4.98 Å². The van der Waals surface area contributed by atoms with Crippen LogP contribution in [-0.2, 0) is 9.84 Å². The zero-order chi connectivity index (χ0) is 14.5. The van der Waals surface area contributed by atoms with Gasteiger partial charge in [0.05, 0.1) is 15.8 Å². The minimum atomic E-state index is -2.94. The molecule has 0 spiro atoms. The number of aromatic nitrogens is 1. The van der Waals surface area contributed by atoms with Gasteiger partial charge in [-0.2, -0.15) is 0 Å². The van der Waals surface area contributed by atoms with Crippen LogP contribution in [0, 0.1) is 0 Å². The summed E-state index contributed by atoms with van der Waals surface area (Å²) in [6, 6.07) is 1.60. The molecule has 0 fully saturated rings. The summed E-state index contributed by atoms with van der Waals surface area (Å²) in [6.45, 7) is 3.11. The highest BCUT2D eigenvalue weighted by Crippen LogP contribution is 2.28. The molecule has 0 unspecified atom stereocenters. The average Bonchev–Trinajstić information content (AvgIpc) is 2.28. The second-order valence-electron chi connectivity index (χ2n) is 4.09. The zero-order valence-electron chi connectivity index (χ0n) is 10.8. The van der Waals surface area contributed by atoms with Crippen LogP contribution < -0.4 is 10.6 Å². The highest BCUT2D eigenvalue weighted by Gasteiger charge is 2.09. The second kappa shape index (κ2) is 7.17. The normalized spacial score (nSPS) is 11.4. The van der Waals surface area contributed by atoms with Crippen LogP contribution in [0.5, 0.6) is 0 Å². The minimum absolute atomic E-state index is 0.130. The molecule has 0 saturated heterocycles. The van der Waals surface area contributed by atoms with Gasteiger partial charge in [0.15, 0.2) is 0 Å². The lowest BCUT2D eigenvalue weighted by molar-refractivity contribution is 0.600. The molecule has 8 heteroatoms. The number of nitrogens with one attached hydrogen (secondary N) is 2. The first kappa shape index (κ1) is 16.3. The monoisotopic (exact) mass is 325 g/mol. The topological polar surface area (TPSA) is 71.1 Å². The third-order valence-electron chi connectivity index (χ3n) is 2.26. The molecule has 19 heavy (non-hydrogen) atoms. The van der Waals surface area contributed by atoms with Gasteiger partial charge >= 0.3 is 0 Å². The van der Waals surface area contributed by atoms with Gasteiger partial charge in [0, 0.05) is 19.3 Å². The number of rotatable bonds is 7. The van der Waals surface area contributed by atoms with Crippen molar-refractivity contribution in [2.75, 3.05) is 35.7 Å². The maximum Gasteiger partial charge on any atom is 0.147 e. The van der Waals surface area contributed by atoms with E-state index in [0.717, 1.165) is 0 Å². The maximum atomic E-state index is 11.0. The molecule has 0 aliphatic heterocycles. The smallest absolute Gasteiger partial charge is 0.147 e. The lowest BCUT2D eigenvalue weighted by atomic mass is 10.4. The van der Waals surface area contributed by atoms with Crippen LogP contribution in [0.3, 0.4) is 0 Å². The molecular formula is C11H17Cl2N3O2S. The van der Waals surface area contributed by atoms with Crippen molar-refractivity contribution in [3.8, 4) is 0 Å². The van der Waals surface area contributed by atoms with Crippen molar-refractivity contribution in [2.45, 2.75) is 13.3 Å². The summed E-state index contributed by atoms with van der Waals surface area (Å²) >= 11 is 12.0. The molecule has 0 atom stereocenters. The lowest BCUT2D eigenvalue weighted by Crippen LogP contribution is -2.11. The fourth-order valence-electron chi connectivity index (χ4n) is 1.42. The molecule has 0 saturated carbocycles. The van der Waals surface area contributed by atoms with Gasteiger partial charge in [0.1, 0.15) is 21.5 Å². The van der Waals surface area contributed by atoms with E-state index in [9.17, 15) is 8.42 Å². The molecule has 0 amide bonds. The number of nitrogens with zero attached hydrogens (tertiary/aromatic N) is 1. The number of sulfone groups is 1. The number of pyridine rings is 1. The van der Waals surface area contributed by atoms with Gasteiger partial charge in [0.2, 0.25) is 0 Å². The van der Waals surface area contributed by atoms with E-state index in [2.05, 4.69) is 15.6 Å². The van der Waals surface area contributed by atoms with Crippen molar-refractivity contribution < 1.29 is 8.42 Å². The van der Waals surface area contributed by atoms with Gasteiger partial charge in [-0.15, -0.1) is 0 Å². The first-order valence-electron chi connectivity index (χ1n) is 5.85. The third kappa shape index (κ3) is 5.84. The number of hydrogen-bond donors (Lipinski definition) is 2. The average molecular weight is 326 g/mol. The Hall–Kier alpha value is -0.720. The van der Waals surface area contributed by atoms with Crippen LogP contribution in [0.4, 0.5) is 11.6 Å². The van der Waals surface area contributed by atoms with Crippen LogP contribution >= 0.6 is 23.2 Å². The molecule has 0 bridgehead atoms. The summed E-state index contributed by atoms with van der Waals surface area (Å²) in [5.74, 6) is 1.18. The predicted octanol–water partition coefficient (Wildman–Crippen LogP) is 2.67. The van der Waals surface area contributed by atoms with E-state index in [1.54, 1.807) is 6.07 Å². The van der Waals surface area contributed by atoms with Crippen LogP contribution in [0.25, 0.3) is 0 Å². The Morgan fingerprint density at radius 1 is 1.21 bits per heavy atom. The number of hydrogen-bond acceptors (Lipinski definition) is 5. The quantitative estimate of drug-likeness (QED) is 0.754. The summed E-state index contributed by atoms with van der Waals surface area (Å²) in [4.78, 5) is 4.26. The van der Waals surface area contributed by atoms with Crippen molar-refractivity contribution in [1.29, 1.82) is 0 Å². The lowest BCUT2D eigenvalue weighted by Gasteiger charge is -2.11. The van der Waals surface area contributed by atoms with Crippen molar-refractivity contribution >= 4 is 44.7 Å². The molecule has 1 aromatic rings. The Morgan fingerprint density at radius 2 is 1.79 bits per heavy atom. The number of halogens is 2. The molecule has 0 aromatic carbocycles. The van der Waals surface area contributed by atoms with E-state index in [4.69, 9.17) is 23.2 Å². The standard InChI is InChI=1S/C11H17Cl2N3O2S/c1-3-14-10-8(12)7-9(13)11(16-10)15-5-4-6-19(2,17)18/h7H,3-6H2,1-2H3,(H2,14,15,16). The summed E-state index contributed by atoms with van der Waals surface area (Å²) in [5, 5.41) is 6.89. The summed E-state index contributed by atoms with van der Waals surface area (Å²) in [5.41, 5.74) is 0. The largest absolute Gasteiger partial charge is 0.369 e. The summed E-state index contributed by atoms with van der Waals surface area (Å²) < 4.78 is 22.0. The highest BCUT2D eigenvalue weighted by atomic mass is 35.5. The Bertz CT molecular complexity index is 535. The Labute approximate surface area is 123 Å². The van der Waals surface area contributed by atoms with E-state index in [0.29, 0.717) is 41.2 Å². The minimum Gasteiger partial charge on any atom is -0.369 e. The van der Waals surface area contributed by atoms with Gasteiger partial charge in [-0.1, -0.05) is 23.2 Å². The maximum absolute atomic E-state index is 11.0. The van der Waals surface area contributed by atoms with E-state index in [1.165, 1.54) is 6.26 Å². The predicted molar refractivity (Wildman–Crippen MR) is 81.2 cm³/mol. The second-order valence-corrected chi connectivity index (χ2v) is 7.16. The van der Waals surface area contributed by atoms with E-state index < -0.39 is 9.84 Å². The molecule has 5 nitrogen and oxygen atoms in total. The highest BCUT2D eigenvalue weighted by molar-refractivity contribution is 7.90. The van der Waals surface area contributed by atoms with Crippen molar-refractivity contribution in [2.24, 2.45) is 0 Å². The van der Waals surface area contributed by atoms with Crippen molar-refractivity contribution in [3.05, 3.63) is 16.1 Å².